The molecule has 1 fully saturated rings. The third-order valence-electron chi connectivity index (χ3n) is 3.67. The minimum atomic E-state index is -3.54. The van der Waals surface area contributed by atoms with Crippen LogP contribution in [0.3, 0.4) is 0 Å². The molecule has 1 saturated heterocycles. The predicted molar refractivity (Wildman–Crippen MR) is 75.2 cm³/mol. The Morgan fingerprint density at radius 2 is 2.10 bits per heavy atom. The van der Waals surface area contributed by atoms with Crippen LogP contribution in [0.15, 0.2) is 24.5 Å². The van der Waals surface area contributed by atoms with Crippen molar-refractivity contribution in [3.63, 3.8) is 0 Å². The molecule has 7 nitrogen and oxygen atoms in total. The molecular weight excluding hydrogens is 296 g/mol. The van der Waals surface area contributed by atoms with Gasteiger partial charge in [0.15, 0.2) is 0 Å². The lowest BCUT2D eigenvalue weighted by Gasteiger charge is -2.25. The second-order valence-electron chi connectivity index (χ2n) is 4.99. The highest BCUT2D eigenvalue weighted by molar-refractivity contribution is 7.89. The van der Waals surface area contributed by atoms with E-state index in [-0.39, 0.29) is 19.0 Å². The number of hydrogen-bond acceptors (Lipinski definition) is 5. The second kappa shape index (κ2) is 6.50. The molecule has 1 N–H and O–H groups in total. The van der Waals surface area contributed by atoms with Gasteiger partial charge in [-0.1, -0.05) is 0 Å². The minimum absolute atomic E-state index is 0.0458. The van der Waals surface area contributed by atoms with Gasteiger partial charge in [-0.3, -0.25) is 9.78 Å². The lowest BCUT2D eigenvalue weighted by atomic mass is 10.1. The topological polar surface area (TPSA) is 96.8 Å². The van der Waals surface area contributed by atoms with Crippen LogP contribution in [-0.4, -0.2) is 60.8 Å². The second-order valence-corrected chi connectivity index (χ2v) is 7.14. The lowest BCUT2D eigenvalue weighted by molar-refractivity contribution is -0.142. The van der Waals surface area contributed by atoms with Crippen LogP contribution in [0.5, 0.6) is 0 Å². The molecule has 2 unspecified atom stereocenters. The molecule has 116 valence electrons. The zero-order chi connectivity index (χ0) is 15.5. The van der Waals surface area contributed by atoms with Crippen LogP contribution in [0.25, 0.3) is 0 Å². The van der Waals surface area contributed by atoms with Gasteiger partial charge in [0.25, 0.3) is 0 Å². The van der Waals surface area contributed by atoms with Gasteiger partial charge in [-0.05, 0) is 24.1 Å². The van der Waals surface area contributed by atoms with Crippen molar-refractivity contribution in [2.24, 2.45) is 5.92 Å². The van der Waals surface area contributed by atoms with Crippen molar-refractivity contribution in [3.8, 4) is 0 Å². The number of rotatable bonds is 6. The summed E-state index contributed by atoms with van der Waals surface area (Å²) in [6.07, 6.45) is 3.58. The highest BCUT2D eigenvalue weighted by Crippen LogP contribution is 2.21. The maximum Gasteiger partial charge on any atom is 0.310 e. The average Bonchev–Trinajstić information content (AvgIpc) is 2.95. The summed E-state index contributed by atoms with van der Waals surface area (Å²) in [5.41, 5.74) is 0.874. The van der Waals surface area contributed by atoms with E-state index in [9.17, 15) is 13.2 Å². The number of carboxylic acids is 1. The third-order valence-corrected chi connectivity index (χ3v) is 5.54. The quantitative estimate of drug-likeness (QED) is 0.793. The summed E-state index contributed by atoms with van der Waals surface area (Å²) in [4.78, 5) is 15.0. The Labute approximate surface area is 123 Å². The smallest absolute Gasteiger partial charge is 0.310 e. The molecule has 1 aliphatic heterocycles. The van der Waals surface area contributed by atoms with Gasteiger partial charge in [-0.2, -0.15) is 4.31 Å². The Balaban J connectivity index is 2.03. The van der Waals surface area contributed by atoms with Gasteiger partial charge in [-0.25, -0.2) is 8.42 Å². The van der Waals surface area contributed by atoms with Gasteiger partial charge in [0.2, 0.25) is 10.0 Å². The van der Waals surface area contributed by atoms with E-state index < -0.39 is 28.0 Å². The first-order valence-corrected chi connectivity index (χ1v) is 8.18. The van der Waals surface area contributed by atoms with Crippen LogP contribution in [0.4, 0.5) is 0 Å². The number of carbonyl (C=O) groups is 1. The largest absolute Gasteiger partial charge is 0.481 e. The Morgan fingerprint density at radius 1 is 1.43 bits per heavy atom. The Morgan fingerprint density at radius 3 is 2.71 bits per heavy atom. The van der Waals surface area contributed by atoms with Gasteiger partial charge < -0.3 is 9.84 Å². The maximum absolute atomic E-state index is 12.3. The number of pyridine rings is 1. The first-order chi connectivity index (χ1) is 9.92. The van der Waals surface area contributed by atoms with Gasteiger partial charge >= 0.3 is 5.97 Å². The van der Waals surface area contributed by atoms with Crippen LogP contribution in [0.2, 0.25) is 0 Å². The molecule has 0 bridgehead atoms. The first-order valence-electron chi connectivity index (χ1n) is 6.57. The molecule has 1 aromatic rings. The fraction of sp³-hybridized carbons (Fsp3) is 0.538. The first kappa shape index (κ1) is 15.9. The molecule has 8 heteroatoms. The van der Waals surface area contributed by atoms with Crippen molar-refractivity contribution in [2.45, 2.75) is 12.5 Å². The molecule has 0 amide bonds. The third kappa shape index (κ3) is 3.78. The Bertz CT molecular complexity index is 590. The Kier molecular flexibility index (Phi) is 4.92. The van der Waals surface area contributed by atoms with E-state index in [1.165, 1.54) is 7.05 Å². The zero-order valence-electron chi connectivity index (χ0n) is 11.7. The van der Waals surface area contributed by atoms with Crippen LogP contribution in [0, 0.1) is 5.92 Å². The van der Waals surface area contributed by atoms with E-state index in [4.69, 9.17) is 9.84 Å². The van der Waals surface area contributed by atoms with Crippen molar-refractivity contribution in [1.29, 1.82) is 0 Å². The van der Waals surface area contributed by atoms with E-state index in [1.807, 2.05) is 0 Å². The van der Waals surface area contributed by atoms with Gasteiger partial charge in [0.05, 0.1) is 30.9 Å². The van der Waals surface area contributed by atoms with Crippen LogP contribution in [0.1, 0.15) is 5.56 Å². The predicted octanol–water partition coefficient (Wildman–Crippen LogP) is -0.0147. The number of carboxylic acid groups (broad SMARTS) is 1. The molecule has 0 aliphatic carbocycles. The summed E-state index contributed by atoms with van der Waals surface area (Å²) in [5.74, 6) is -1.92. The van der Waals surface area contributed by atoms with E-state index in [0.717, 1.165) is 9.87 Å². The minimum Gasteiger partial charge on any atom is -0.481 e. The Hall–Kier alpha value is -1.51. The summed E-state index contributed by atoms with van der Waals surface area (Å²) in [6, 6.07) is 2.87. The highest BCUT2D eigenvalue weighted by atomic mass is 32.2. The zero-order valence-corrected chi connectivity index (χ0v) is 12.5. The average molecular weight is 314 g/mol. The van der Waals surface area contributed by atoms with E-state index in [2.05, 4.69) is 4.98 Å². The number of aromatic nitrogens is 1. The van der Waals surface area contributed by atoms with Crippen molar-refractivity contribution in [3.05, 3.63) is 30.1 Å². The number of sulfonamides is 1. The van der Waals surface area contributed by atoms with Gasteiger partial charge in [0, 0.05) is 19.4 Å². The molecule has 1 aliphatic rings. The monoisotopic (exact) mass is 314 g/mol. The molecule has 0 saturated carbocycles. The number of ether oxygens (including phenoxy) is 1. The van der Waals surface area contributed by atoms with Crippen molar-refractivity contribution >= 4 is 16.0 Å². The van der Waals surface area contributed by atoms with Crippen molar-refractivity contribution in [2.75, 3.05) is 26.0 Å². The number of nitrogens with zero attached hydrogens (tertiary/aromatic N) is 2. The van der Waals surface area contributed by atoms with Gasteiger partial charge in [0.1, 0.15) is 0 Å². The van der Waals surface area contributed by atoms with Crippen molar-refractivity contribution < 1.29 is 23.1 Å². The van der Waals surface area contributed by atoms with E-state index in [1.54, 1.807) is 24.5 Å². The lowest BCUT2D eigenvalue weighted by Crippen LogP contribution is -2.45. The molecule has 2 atom stereocenters. The summed E-state index contributed by atoms with van der Waals surface area (Å²) < 4.78 is 30.9. The summed E-state index contributed by atoms with van der Waals surface area (Å²) >= 11 is 0. The maximum atomic E-state index is 12.3. The molecule has 21 heavy (non-hydrogen) atoms. The molecule has 2 rings (SSSR count). The molecule has 0 radical (unpaired) electrons. The van der Waals surface area contributed by atoms with Crippen LogP contribution < -0.4 is 0 Å². The van der Waals surface area contributed by atoms with Crippen LogP contribution in [-0.2, 0) is 26.0 Å². The summed E-state index contributed by atoms with van der Waals surface area (Å²) in [5, 5.41) is 9.10. The highest BCUT2D eigenvalue weighted by Gasteiger charge is 2.40. The van der Waals surface area contributed by atoms with E-state index in [0.29, 0.717) is 6.42 Å². The molecular formula is C13H18N2O5S. The fourth-order valence-corrected chi connectivity index (χ4v) is 3.69. The molecule has 2 heterocycles. The molecule has 1 aromatic heterocycles. The SMILES string of the molecule is CN(C1COCC1C(=O)O)S(=O)(=O)CCc1ccncc1. The van der Waals surface area contributed by atoms with Gasteiger partial charge in [-0.15, -0.1) is 0 Å². The van der Waals surface area contributed by atoms with Crippen molar-refractivity contribution in [1.82, 2.24) is 9.29 Å². The standard InChI is InChI=1S/C13H18N2O5S/c1-15(12-9-20-8-11(12)13(16)17)21(18,19)7-4-10-2-5-14-6-3-10/h2-3,5-6,11-12H,4,7-9H2,1H3,(H,16,17). The molecule has 0 aromatic carbocycles. The number of hydrogen-bond donors (Lipinski definition) is 1. The summed E-state index contributed by atoms with van der Waals surface area (Å²) in [6.45, 7) is 0.159. The summed E-state index contributed by atoms with van der Waals surface area (Å²) in [7, 11) is -2.12. The number of likely N-dealkylation sites (N-methyl/N-ethyl adjacent to an activating group) is 1. The number of aryl methyl sites for hydroxylation is 1. The normalized spacial score (nSPS) is 22.6. The van der Waals surface area contributed by atoms with E-state index >= 15 is 0 Å². The fourth-order valence-electron chi connectivity index (χ4n) is 2.28. The molecule has 0 spiro atoms. The number of aliphatic carboxylic acids is 1. The van der Waals surface area contributed by atoms with Crippen LogP contribution >= 0.6 is 0 Å².